The van der Waals surface area contributed by atoms with Gasteiger partial charge in [0.15, 0.2) is 6.10 Å². The molecule has 0 aromatic carbocycles. The van der Waals surface area contributed by atoms with E-state index in [1.165, 1.54) is 77.0 Å². The molecule has 0 aliphatic rings. The molecule has 0 aromatic rings. The molecule has 6 nitrogen and oxygen atoms in total. The first-order valence-electron chi connectivity index (χ1n) is 26.4. The van der Waals surface area contributed by atoms with Crippen LogP contribution >= 0.6 is 0 Å². The van der Waals surface area contributed by atoms with Crippen LogP contribution in [0.15, 0.2) is 109 Å². The van der Waals surface area contributed by atoms with Gasteiger partial charge in [-0.15, -0.1) is 0 Å². The molecule has 1 atom stereocenters. The zero-order valence-corrected chi connectivity index (χ0v) is 42.0. The first-order valence-corrected chi connectivity index (χ1v) is 26.4. The quantitative estimate of drug-likeness (QED) is 0.0262. The normalized spacial score (nSPS) is 13.0. The third kappa shape index (κ3) is 50.9. The Morgan fingerprint density at radius 2 is 0.615 bits per heavy atom. The SMILES string of the molecule is CC/C=C\C/C=C\C/C=C\C/C=C\CCCCC(=O)OC[C@H](COC(=O)CCCCCCC/C=C\CCCCCCCC)OC(=O)CCC/C=C\C/C=C\C/C=C\C/C=C\CCCCC. The van der Waals surface area contributed by atoms with Crippen molar-refractivity contribution in [1.29, 1.82) is 0 Å². The van der Waals surface area contributed by atoms with Crippen molar-refractivity contribution in [3.63, 3.8) is 0 Å². The Labute approximate surface area is 400 Å². The summed E-state index contributed by atoms with van der Waals surface area (Å²) in [5.74, 6) is -1.03. The molecule has 0 aliphatic carbocycles. The molecular formula is C59H96O6. The van der Waals surface area contributed by atoms with Gasteiger partial charge in [-0.3, -0.25) is 14.4 Å². The first-order chi connectivity index (χ1) is 32.0. The fourth-order valence-corrected chi connectivity index (χ4v) is 6.77. The molecule has 0 rings (SSSR count). The minimum Gasteiger partial charge on any atom is -0.462 e. The number of hydrogen-bond donors (Lipinski definition) is 0. The summed E-state index contributed by atoms with van der Waals surface area (Å²) in [6, 6.07) is 0. The van der Waals surface area contributed by atoms with Crippen molar-refractivity contribution in [2.45, 2.75) is 232 Å². The Balaban J connectivity index is 4.57. The number of carbonyl (C=O) groups is 3. The number of carbonyl (C=O) groups excluding carboxylic acids is 3. The average Bonchev–Trinajstić information content (AvgIpc) is 3.30. The van der Waals surface area contributed by atoms with Crippen molar-refractivity contribution < 1.29 is 28.6 Å². The Hall–Kier alpha value is -3.93. The summed E-state index contributed by atoms with van der Waals surface area (Å²) in [6.07, 6.45) is 70.8. The van der Waals surface area contributed by atoms with Gasteiger partial charge >= 0.3 is 17.9 Å². The highest BCUT2D eigenvalue weighted by Gasteiger charge is 2.19. The zero-order chi connectivity index (χ0) is 47.2. The summed E-state index contributed by atoms with van der Waals surface area (Å²) in [4.78, 5) is 38.0. The smallest absolute Gasteiger partial charge is 0.306 e. The second-order valence-corrected chi connectivity index (χ2v) is 17.0. The van der Waals surface area contributed by atoms with Gasteiger partial charge in [-0.2, -0.15) is 0 Å². The van der Waals surface area contributed by atoms with Gasteiger partial charge in [-0.05, 0) is 122 Å². The number of hydrogen-bond acceptors (Lipinski definition) is 6. The van der Waals surface area contributed by atoms with Crippen LogP contribution in [0.5, 0.6) is 0 Å². The van der Waals surface area contributed by atoms with Gasteiger partial charge in [-0.1, -0.05) is 194 Å². The summed E-state index contributed by atoms with van der Waals surface area (Å²) in [6.45, 7) is 6.39. The lowest BCUT2D eigenvalue weighted by Gasteiger charge is -2.18. The maximum atomic E-state index is 12.8. The maximum absolute atomic E-state index is 12.8. The van der Waals surface area contributed by atoms with E-state index in [-0.39, 0.29) is 37.5 Å². The molecule has 0 saturated carbocycles. The van der Waals surface area contributed by atoms with Gasteiger partial charge in [0, 0.05) is 19.3 Å². The predicted octanol–water partition coefficient (Wildman–Crippen LogP) is 17.5. The molecule has 0 N–H and O–H groups in total. The van der Waals surface area contributed by atoms with Gasteiger partial charge < -0.3 is 14.2 Å². The highest BCUT2D eigenvalue weighted by Crippen LogP contribution is 2.12. The van der Waals surface area contributed by atoms with E-state index >= 15 is 0 Å². The molecule has 0 unspecified atom stereocenters. The highest BCUT2D eigenvalue weighted by molar-refractivity contribution is 5.71. The number of esters is 3. The summed E-state index contributed by atoms with van der Waals surface area (Å²) >= 11 is 0. The van der Waals surface area contributed by atoms with E-state index in [4.69, 9.17) is 14.2 Å². The van der Waals surface area contributed by atoms with E-state index in [0.29, 0.717) is 25.7 Å². The third-order valence-electron chi connectivity index (χ3n) is 10.7. The monoisotopic (exact) mass is 901 g/mol. The van der Waals surface area contributed by atoms with Crippen LogP contribution in [0.2, 0.25) is 0 Å². The van der Waals surface area contributed by atoms with Crippen LogP contribution < -0.4 is 0 Å². The third-order valence-corrected chi connectivity index (χ3v) is 10.7. The lowest BCUT2D eigenvalue weighted by atomic mass is 10.1. The number of rotatable bonds is 46. The van der Waals surface area contributed by atoms with E-state index in [0.717, 1.165) is 96.3 Å². The Morgan fingerprint density at radius 1 is 0.323 bits per heavy atom. The fraction of sp³-hybridized carbons (Fsp3) is 0.644. The van der Waals surface area contributed by atoms with Crippen LogP contribution in [0.4, 0.5) is 0 Å². The zero-order valence-electron chi connectivity index (χ0n) is 42.0. The average molecular weight is 901 g/mol. The van der Waals surface area contributed by atoms with E-state index in [1.807, 2.05) is 0 Å². The minimum absolute atomic E-state index is 0.119. The van der Waals surface area contributed by atoms with Gasteiger partial charge in [0.1, 0.15) is 13.2 Å². The van der Waals surface area contributed by atoms with Crippen molar-refractivity contribution in [3.05, 3.63) is 109 Å². The van der Waals surface area contributed by atoms with Crippen LogP contribution in [0.25, 0.3) is 0 Å². The second-order valence-electron chi connectivity index (χ2n) is 17.0. The Bertz CT molecular complexity index is 1360. The predicted molar refractivity (Wildman–Crippen MR) is 279 cm³/mol. The van der Waals surface area contributed by atoms with Gasteiger partial charge in [0.25, 0.3) is 0 Å². The number of ether oxygens (including phenoxy) is 3. The molecule has 0 saturated heterocycles. The standard InChI is InChI=1S/C59H96O6/c1-4-7-10-13-16-19-22-25-28-29-32-35-38-41-44-47-50-53-59(62)65-56(54-63-57(60)51-48-45-42-39-36-33-30-26-23-20-17-14-11-8-5-2)55-64-58(61)52-49-46-43-40-37-34-31-27-24-21-18-15-12-9-6-3/h8,11,16-17,19-20,25-28,30-32,35-36,39,41,44,56H,4-7,9-10,12-15,18,21-24,29,33-34,37-38,40,42-43,45-55H2,1-3H3/b11-8-,19-16-,20-17-,28-25-,30-26-,31-27-,35-32-,39-36-,44-41-/t56-/m1/s1. The summed E-state index contributed by atoms with van der Waals surface area (Å²) in [7, 11) is 0. The molecule has 0 bridgehead atoms. The van der Waals surface area contributed by atoms with Gasteiger partial charge in [-0.25, -0.2) is 0 Å². The van der Waals surface area contributed by atoms with Crippen LogP contribution in [0.3, 0.4) is 0 Å². The van der Waals surface area contributed by atoms with E-state index in [1.54, 1.807) is 0 Å². The molecule has 6 heteroatoms. The summed E-state index contributed by atoms with van der Waals surface area (Å²) in [5, 5.41) is 0. The first kappa shape index (κ1) is 61.1. The summed E-state index contributed by atoms with van der Waals surface area (Å²) < 4.78 is 16.7. The molecule has 65 heavy (non-hydrogen) atoms. The molecule has 0 heterocycles. The molecule has 368 valence electrons. The van der Waals surface area contributed by atoms with Crippen LogP contribution in [-0.2, 0) is 28.6 Å². The van der Waals surface area contributed by atoms with E-state index in [9.17, 15) is 14.4 Å². The Kier molecular flexibility index (Phi) is 49.5. The van der Waals surface area contributed by atoms with E-state index < -0.39 is 6.10 Å². The maximum Gasteiger partial charge on any atom is 0.306 e. The highest BCUT2D eigenvalue weighted by atomic mass is 16.6. The molecule has 0 fully saturated rings. The van der Waals surface area contributed by atoms with Crippen molar-refractivity contribution in [3.8, 4) is 0 Å². The van der Waals surface area contributed by atoms with Crippen molar-refractivity contribution in [2.75, 3.05) is 13.2 Å². The largest absolute Gasteiger partial charge is 0.462 e. The molecule has 0 amide bonds. The minimum atomic E-state index is -0.828. The van der Waals surface area contributed by atoms with Crippen LogP contribution in [0, 0.1) is 0 Å². The molecule has 0 aromatic heterocycles. The van der Waals surface area contributed by atoms with Crippen molar-refractivity contribution in [1.82, 2.24) is 0 Å². The summed E-state index contributed by atoms with van der Waals surface area (Å²) in [5.41, 5.74) is 0. The topological polar surface area (TPSA) is 78.9 Å². The van der Waals surface area contributed by atoms with Crippen molar-refractivity contribution >= 4 is 17.9 Å². The lowest BCUT2D eigenvalue weighted by molar-refractivity contribution is -0.167. The fourth-order valence-electron chi connectivity index (χ4n) is 6.77. The number of allylic oxidation sites excluding steroid dienone is 18. The molecule has 0 spiro atoms. The van der Waals surface area contributed by atoms with Crippen LogP contribution in [-0.4, -0.2) is 37.2 Å². The van der Waals surface area contributed by atoms with E-state index in [2.05, 4.69) is 130 Å². The molecule has 0 aliphatic heterocycles. The van der Waals surface area contributed by atoms with Gasteiger partial charge in [0.2, 0.25) is 0 Å². The van der Waals surface area contributed by atoms with Crippen molar-refractivity contribution in [2.24, 2.45) is 0 Å². The lowest BCUT2D eigenvalue weighted by Crippen LogP contribution is -2.30. The molecule has 0 radical (unpaired) electrons. The number of unbranched alkanes of at least 4 members (excludes halogenated alkanes) is 17. The molecular weight excluding hydrogens is 805 g/mol. The van der Waals surface area contributed by atoms with Gasteiger partial charge in [0.05, 0.1) is 0 Å². The second kappa shape index (κ2) is 52.7. The Morgan fingerprint density at radius 3 is 1.06 bits per heavy atom. The van der Waals surface area contributed by atoms with Crippen LogP contribution in [0.1, 0.15) is 226 Å².